The van der Waals surface area contributed by atoms with Crippen molar-refractivity contribution in [3.63, 3.8) is 0 Å². The van der Waals surface area contributed by atoms with Gasteiger partial charge in [-0.2, -0.15) is 0 Å². The Morgan fingerprint density at radius 2 is 1.36 bits per heavy atom. The van der Waals surface area contributed by atoms with E-state index in [0.717, 1.165) is 25.8 Å². The number of rotatable bonds is 8. The van der Waals surface area contributed by atoms with Gasteiger partial charge < -0.3 is 23.7 Å². The quantitative estimate of drug-likeness (QED) is 0.324. The summed E-state index contributed by atoms with van der Waals surface area (Å²) >= 11 is 0. The Bertz CT molecular complexity index is 1460. The minimum atomic E-state index is -3.59. The minimum Gasteiger partial charge on any atom is -0.463 e. The summed E-state index contributed by atoms with van der Waals surface area (Å²) in [6, 6.07) is 12.4. The van der Waals surface area contributed by atoms with Gasteiger partial charge in [-0.25, -0.2) is 8.42 Å². The standard InChI is InChI=1S/C30H34O11S/c1-6-20-7-9-21(10-8-20)30-24-13-22(11-12-23(24)15-42(30,35)36)26-28(39-18(4)33)29(40-19(5)34)27(38-17(3)32)25(41-26)14-37-16(2)31/h7-13,25-30H,6,14-15H2,1-5H3. The van der Waals surface area contributed by atoms with Crippen LogP contribution in [0, 0.1) is 0 Å². The first-order chi connectivity index (χ1) is 19.8. The van der Waals surface area contributed by atoms with Gasteiger partial charge in [-0.15, -0.1) is 0 Å². The lowest BCUT2D eigenvalue weighted by molar-refractivity contribution is -0.254. The molecule has 12 heteroatoms. The molecule has 42 heavy (non-hydrogen) atoms. The number of carbonyl (C=O) groups excluding carboxylic acids is 4. The molecule has 2 aliphatic heterocycles. The second kappa shape index (κ2) is 12.6. The third-order valence-electron chi connectivity index (χ3n) is 7.18. The highest BCUT2D eigenvalue weighted by Gasteiger charge is 2.53. The summed E-state index contributed by atoms with van der Waals surface area (Å²) in [6.45, 7) is 6.31. The van der Waals surface area contributed by atoms with Crippen molar-refractivity contribution in [3.05, 3.63) is 70.3 Å². The highest BCUT2D eigenvalue weighted by molar-refractivity contribution is 7.91. The van der Waals surface area contributed by atoms with E-state index in [0.29, 0.717) is 22.3 Å². The second-order valence-electron chi connectivity index (χ2n) is 10.4. The Labute approximate surface area is 244 Å². The summed E-state index contributed by atoms with van der Waals surface area (Å²) in [5, 5.41) is -0.927. The van der Waals surface area contributed by atoms with Crippen LogP contribution in [0.3, 0.4) is 0 Å². The van der Waals surface area contributed by atoms with E-state index in [4.69, 9.17) is 23.7 Å². The minimum absolute atomic E-state index is 0.151. The van der Waals surface area contributed by atoms with Crippen molar-refractivity contribution in [1.29, 1.82) is 0 Å². The maximum atomic E-state index is 13.3. The van der Waals surface area contributed by atoms with Crippen molar-refractivity contribution >= 4 is 33.7 Å². The third kappa shape index (κ3) is 6.81. The molecule has 0 spiro atoms. The third-order valence-corrected chi connectivity index (χ3v) is 9.14. The molecule has 0 radical (unpaired) electrons. The van der Waals surface area contributed by atoms with Crippen LogP contribution in [0.4, 0.5) is 0 Å². The van der Waals surface area contributed by atoms with Crippen LogP contribution in [0.2, 0.25) is 0 Å². The van der Waals surface area contributed by atoms with Crippen LogP contribution < -0.4 is 0 Å². The highest BCUT2D eigenvalue weighted by atomic mass is 32.2. The lowest BCUT2D eigenvalue weighted by Crippen LogP contribution is -2.59. The summed E-state index contributed by atoms with van der Waals surface area (Å²) in [4.78, 5) is 48.1. The molecule has 0 bridgehead atoms. The van der Waals surface area contributed by atoms with Gasteiger partial charge in [0.2, 0.25) is 0 Å². The van der Waals surface area contributed by atoms with Crippen LogP contribution in [0.25, 0.3) is 0 Å². The Morgan fingerprint density at radius 1 is 0.786 bits per heavy atom. The molecule has 2 aromatic rings. The largest absolute Gasteiger partial charge is 0.463 e. The molecule has 2 aliphatic rings. The van der Waals surface area contributed by atoms with E-state index in [1.54, 1.807) is 30.3 Å². The van der Waals surface area contributed by atoms with Gasteiger partial charge in [0.25, 0.3) is 0 Å². The lowest BCUT2D eigenvalue weighted by atomic mass is 9.88. The molecular weight excluding hydrogens is 568 g/mol. The molecular formula is C30H34O11S. The number of benzene rings is 2. The molecule has 2 aromatic carbocycles. The zero-order valence-electron chi connectivity index (χ0n) is 24.0. The molecule has 1 fully saturated rings. The van der Waals surface area contributed by atoms with E-state index in [-0.39, 0.29) is 12.4 Å². The molecule has 0 aliphatic carbocycles. The number of esters is 4. The highest BCUT2D eigenvalue weighted by Crippen LogP contribution is 2.44. The number of hydrogen-bond acceptors (Lipinski definition) is 11. The van der Waals surface area contributed by atoms with E-state index in [2.05, 4.69) is 0 Å². The van der Waals surface area contributed by atoms with Crippen LogP contribution in [-0.2, 0) is 64.9 Å². The van der Waals surface area contributed by atoms with Gasteiger partial charge in [0.15, 0.2) is 28.1 Å². The van der Waals surface area contributed by atoms with Crippen LogP contribution >= 0.6 is 0 Å². The molecule has 0 N–H and O–H groups in total. The van der Waals surface area contributed by atoms with E-state index in [9.17, 15) is 27.6 Å². The number of hydrogen-bond donors (Lipinski definition) is 0. The van der Waals surface area contributed by atoms with Gasteiger partial charge in [0, 0.05) is 27.7 Å². The van der Waals surface area contributed by atoms with Crippen molar-refractivity contribution in [2.24, 2.45) is 0 Å². The fraction of sp³-hybridized carbons (Fsp3) is 0.467. The van der Waals surface area contributed by atoms with Gasteiger partial charge in [-0.05, 0) is 34.2 Å². The number of sulfone groups is 1. The Kier molecular flexibility index (Phi) is 9.37. The molecule has 0 amide bonds. The fourth-order valence-electron chi connectivity index (χ4n) is 5.47. The summed E-state index contributed by atoms with van der Waals surface area (Å²) in [6.07, 6.45) is -5.32. The van der Waals surface area contributed by atoms with Crippen molar-refractivity contribution in [1.82, 2.24) is 0 Å². The molecule has 4 rings (SSSR count). The van der Waals surface area contributed by atoms with Crippen molar-refractivity contribution in [2.45, 2.75) is 82.6 Å². The summed E-state index contributed by atoms with van der Waals surface area (Å²) in [5.74, 6) is -2.96. The van der Waals surface area contributed by atoms with Gasteiger partial charge in [-0.3, -0.25) is 19.2 Å². The zero-order chi connectivity index (χ0) is 30.8. The predicted octanol–water partition coefficient (Wildman–Crippen LogP) is 3.06. The number of ether oxygens (including phenoxy) is 5. The van der Waals surface area contributed by atoms with E-state index in [1.807, 2.05) is 19.1 Å². The first kappa shape index (κ1) is 31.2. The normalized spacial score (nSPS) is 26.0. The molecule has 6 atom stereocenters. The maximum absolute atomic E-state index is 13.3. The molecule has 6 unspecified atom stereocenters. The average Bonchev–Trinajstić information content (AvgIpc) is 3.18. The first-order valence-electron chi connectivity index (χ1n) is 13.5. The topological polar surface area (TPSA) is 149 Å². The number of aryl methyl sites for hydroxylation is 1. The van der Waals surface area contributed by atoms with Gasteiger partial charge in [0.1, 0.15) is 24.1 Å². The summed E-state index contributed by atoms with van der Waals surface area (Å²) < 4.78 is 54.7. The Morgan fingerprint density at radius 3 is 1.93 bits per heavy atom. The number of carbonyl (C=O) groups is 4. The summed E-state index contributed by atoms with van der Waals surface area (Å²) in [7, 11) is -3.59. The maximum Gasteiger partial charge on any atom is 0.303 e. The first-order valence-corrected chi connectivity index (χ1v) is 15.3. The fourth-order valence-corrected chi connectivity index (χ4v) is 7.51. The van der Waals surface area contributed by atoms with Crippen molar-refractivity contribution in [2.75, 3.05) is 6.61 Å². The Balaban J connectivity index is 1.82. The summed E-state index contributed by atoms with van der Waals surface area (Å²) in [5.41, 5.74) is 3.28. The molecule has 1 saturated heterocycles. The van der Waals surface area contributed by atoms with E-state index >= 15 is 0 Å². The van der Waals surface area contributed by atoms with E-state index in [1.165, 1.54) is 13.8 Å². The van der Waals surface area contributed by atoms with Crippen LogP contribution in [0.1, 0.15) is 73.8 Å². The van der Waals surface area contributed by atoms with Crippen molar-refractivity contribution < 1.29 is 51.3 Å². The van der Waals surface area contributed by atoms with Crippen molar-refractivity contribution in [3.8, 4) is 0 Å². The van der Waals surface area contributed by atoms with Gasteiger partial charge >= 0.3 is 23.9 Å². The van der Waals surface area contributed by atoms with Crippen LogP contribution in [0.5, 0.6) is 0 Å². The smallest absolute Gasteiger partial charge is 0.303 e. The van der Waals surface area contributed by atoms with Crippen LogP contribution in [-0.4, -0.2) is 63.3 Å². The number of fused-ring (bicyclic) bond motifs is 1. The van der Waals surface area contributed by atoms with E-state index < -0.39 is 69.5 Å². The predicted molar refractivity (Wildman–Crippen MR) is 148 cm³/mol. The SMILES string of the molecule is CCc1ccc(C2c3cc(C4OC(COC(C)=O)C(OC(C)=O)C(OC(C)=O)C4OC(C)=O)ccc3CS2(=O)=O)cc1. The second-order valence-corrected chi connectivity index (χ2v) is 12.4. The molecule has 11 nitrogen and oxygen atoms in total. The lowest BCUT2D eigenvalue weighted by Gasteiger charge is -2.44. The molecule has 226 valence electrons. The average molecular weight is 603 g/mol. The monoisotopic (exact) mass is 602 g/mol. The molecule has 2 heterocycles. The van der Waals surface area contributed by atoms with Gasteiger partial charge in [0.05, 0.1) is 5.75 Å². The van der Waals surface area contributed by atoms with Gasteiger partial charge in [-0.1, -0.05) is 49.4 Å². The van der Waals surface area contributed by atoms with Crippen LogP contribution in [0.15, 0.2) is 42.5 Å². The zero-order valence-corrected chi connectivity index (χ0v) is 24.8. The Hall–Kier alpha value is -3.77. The molecule has 0 saturated carbocycles. The molecule has 0 aromatic heterocycles.